The quantitative estimate of drug-likeness (QED) is 0.0262. The van der Waals surface area contributed by atoms with E-state index in [4.69, 9.17) is 14.2 Å². The number of nitrogens with zero attached hydrogens (tertiary/aromatic N) is 1. The first-order chi connectivity index (χ1) is 27.6. The van der Waals surface area contributed by atoms with Crippen molar-refractivity contribution >= 4 is 17.9 Å². The number of carbonyl (C=O) groups excluding carboxylic acids is 3. The van der Waals surface area contributed by atoms with Crippen LogP contribution in [0.4, 0.5) is 0 Å². The molecule has 334 valence electrons. The van der Waals surface area contributed by atoms with Crippen molar-refractivity contribution in [1.82, 2.24) is 0 Å². The largest absolute Gasteiger partial charge is 0.544 e. The number of quaternary nitrogens is 1. The van der Waals surface area contributed by atoms with Crippen molar-refractivity contribution in [2.75, 3.05) is 41.0 Å². The fourth-order valence-corrected chi connectivity index (χ4v) is 7.07. The summed E-state index contributed by atoms with van der Waals surface area (Å²) in [5, 5.41) is 11.6. The van der Waals surface area contributed by atoms with Gasteiger partial charge >= 0.3 is 11.9 Å². The summed E-state index contributed by atoms with van der Waals surface area (Å²) in [4.78, 5) is 36.8. The molecule has 0 bridgehead atoms. The first kappa shape index (κ1) is 54.8. The highest BCUT2D eigenvalue weighted by molar-refractivity contribution is 5.70. The second kappa shape index (κ2) is 40.6. The summed E-state index contributed by atoms with van der Waals surface area (Å²) in [6.45, 7) is 4.61. The van der Waals surface area contributed by atoms with Gasteiger partial charge in [0.2, 0.25) is 0 Å². The summed E-state index contributed by atoms with van der Waals surface area (Å²) in [5.41, 5.74) is 0. The van der Waals surface area contributed by atoms with Gasteiger partial charge in [-0.05, 0) is 57.8 Å². The number of hydrogen-bond acceptors (Lipinski definition) is 7. The average molecular weight is 806 g/mol. The Balaban J connectivity index is 4.17. The lowest BCUT2D eigenvalue weighted by Gasteiger charge is -2.34. The van der Waals surface area contributed by atoms with Crippen LogP contribution in [0.3, 0.4) is 0 Å². The summed E-state index contributed by atoms with van der Waals surface area (Å²) in [6, 6.07) is -0.724. The third kappa shape index (κ3) is 39.1. The van der Waals surface area contributed by atoms with Crippen molar-refractivity contribution in [2.45, 2.75) is 231 Å². The molecule has 0 saturated carbocycles. The second-order valence-corrected chi connectivity index (χ2v) is 17.3. The van der Waals surface area contributed by atoms with Gasteiger partial charge < -0.3 is 28.6 Å². The molecule has 0 radical (unpaired) electrons. The Hall–Kier alpha value is -2.19. The Bertz CT molecular complexity index is 989. The van der Waals surface area contributed by atoms with E-state index in [9.17, 15) is 19.5 Å². The van der Waals surface area contributed by atoms with Gasteiger partial charge in [0.1, 0.15) is 12.6 Å². The number of hydrogen-bond donors (Lipinski definition) is 0. The van der Waals surface area contributed by atoms with Crippen molar-refractivity contribution in [3.05, 3.63) is 24.3 Å². The Morgan fingerprint density at radius 3 is 1.33 bits per heavy atom. The number of likely N-dealkylation sites (N-methyl/N-ethyl adjacent to an activating group) is 1. The third-order valence-corrected chi connectivity index (χ3v) is 10.8. The number of aliphatic carboxylic acids is 1. The summed E-state index contributed by atoms with van der Waals surface area (Å²) >= 11 is 0. The van der Waals surface area contributed by atoms with E-state index < -0.39 is 18.1 Å². The summed E-state index contributed by atoms with van der Waals surface area (Å²) < 4.78 is 17.2. The van der Waals surface area contributed by atoms with Gasteiger partial charge in [-0.2, -0.15) is 0 Å². The minimum atomic E-state index is -1.12. The molecule has 2 unspecified atom stereocenters. The molecule has 0 fully saturated rings. The maximum atomic E-state index is 12.7. The zero-order chi connectivity index (χ0) is 42.1. The van der Waals surface area contributed by atoms with Crippen molar-refractivity contribution in [3.63, 3.8) is 0 Å². The van der Waals surface area contributed by atoms with Crippen LogP contribution in [0.5, 0.6) is 0 Å². The summed E-state index contributed by atoms with van der Waals surface area (Å²) in [7, 11) is 5.41. The highest BCUT2D eigenvalue weighted by Gasteiger charge is 2.25. The first-order valence-electron chi connectivity index (χ1n) is 23.9. The van der Waals surface area contributed by atoms with Gasteiger partial charge in [0.05, 0.1) is 40.3 Å². The van der Waals surface area contributed by atoms with E-state index >= 15 is 0 Å². The van der Waals surface area contributed by atoms with E-state index in [1.807, 2.05) is 0 Å². The van der Waals surface area contributed by atoms with Gasteiger partial charge in [0.15, 0.2) is 6.10 Å². The van der Waals surface area contributed by atoms with Crippen LogP contribution in [0.25, 0.3) is 0 Å². The molecule has 0 aromatic heterocycles. The Labute approximate surface area is 351 Å². The van der Waals surface area contributed by atoms with E-state index in [-0.39, 0.29) is 42.7 Å². The van der Waals surface area contributed by atoms with Crippen LogP contribution >= 0.6 is 0 Å². The smallest absolute Gasteiger partial charge is 0.306 e. The minimum Gasteiger partial charge on any atom is -0.544 e. The number of esters is 2. The molecule has 0 N–H and O–H groups in total. The lowest BCUT2D eigenvalue weighted by atomic mass is 10.0. The standard InChI is InChI=1S/C49H91NO7/c1-6-8-10-12-14-16-18-19-20-21-22-23-24-25-26-27-28-29-30-32-34-36-38-40-48(52)57-45(43-55-42-41-46(49(53)54)50(3,4)5)44-56-47(51)39-37-35-33-31-17-15-13-11-9-7-2/h11,13,21-22,45-46H,6-10,12,14-20,23-44H2,1-5H3/b13-11-,22-21-. The molecule has 8 heteroatoms. The van der Waals surface area contributed by atoms with Gasteiger partial charge in [0, 0.05) is 19.3 Å². The molecule has 0 aliphatic heterocycles. The van der Waals surface area contributed by atoms with E-state index in [0.29, 0.717) is 12.8 Å². The van der Waals surface area contributed by atoms with Crippen LogP contribution < -0.4 is 5.11 Å². The maximum absolute atomic E-state index is 12.7. The van der Waals surface area contributed by atoms with Gasteiger partial charge in [-0.15, -0.1) is 0 Å². The van der Waals surface area contributed by atoms with E-state index in [2.05, 4.69) is 38.2 Å². The molecule has 0 aliphatic rings. The summed E-state index contributed by atoms with van der Waals surface area (Å²) in [6.07, 6.45) is 45.0. The Morgan fingerprint density at radius 2 is 0.912 bits per heavy atom. The van der Waals surface area contributed by atoms with Crippen LogP contribution in [0.15, 0.2) is 24.3 Å². The van der Waals surface area contributed by atoms with Crippen molar-refractivity contribution < 1.29 is 38.2 Å². The topological polar surface area (TPSA) is 102 Å². The SMILES string of the molecule is CCC/C=C\CCCCCCCC(=O)OCC(COCCC(C(=O)[O-])[N+](C)(C)C)OC(=O)CCCCCCCCCCCCC/C=C\CCCCCCCCCC. The number of rotatable bonds is 43. The minimum absolute atomic E-state index is 0.0408. The van der Waals surface area contributed by atoms with Crippen LogP contribution in [0, 0.1) is 0 Å². The zero-order valence-corrected chi connectivity index (χ0v) is 38.0. The first-order valence-corrected chi connectivity index (χ1v) is 23.9. The monoisotopic (exact) mass is 806 g/mol. The molecule has 2 atom stereocenters. The van der Waals surface area contributed by atoms with Crippen LogP contribution in [-0.2, 0) is 28.6 Å². The fraction of sp³-hybridized carbons (Fsp3) is 0.857. The van der Waals surface area contributed by atoms with E-state index in [1.54, 1.807) is 21.1 Å². The molecule has 0 amide bonds. The third-order valence-electron chi connectivity index (χ3n) is 10.8. The predicted molar refractivity (Wildman–Crippen MR) is 236 cm³/mol. The zero-order valence-electron chi connectivity index (χ0n) is 38.0. The molecular formula is C49H91NO7. The molecule has 0 aromatic carbocycles. The van der Waals surface area contributed by atoms with E-state index in [1.165, 1.54) is 128 Å². The van der Waals surface area contributed by atoms with Crippen molar-refractivity contribution in [2.24, 2.45) is 0 Å². The average Bonchev–Trinajstić information content (AvgIpc) is 3.17. The van der Waals surface area contributed by atoms with Crippen LogP contribution in [-0.4, -0.2) is 75.5 Å². The van der Waals surface area contributed by atoms with Crippen LogP contribution in [0.2, 0.25) is 0 Å². The highest BCUT2D eigenvalue weighted by atomic mass is 16.6. The molecular weight excluding hydrogens is 715 g/mol. The van der Waals surface area contributed by atoms with Gasteiger partial charge in [0.25, 0.3) is 0 Å². The molecule has 57 heavy (non-hydrogen) atoms. The number of carbonyl (C=O) groups is 3. The van der Waals surface area contributed by atoms with Gasteiger partial charge in [-0.3, -0.25) is 9.59 Å². The molecule has 0 saturated heterocycles. The summed E-state index contributed by atoms with van der Waals surface area (Å²) in [5.74, 6) is -1.74. The molecule has 0 aliphatic carbocycles. The number of carboxylic acids is 1. The number of ether oxygens (including phenoxy) is 3. The van der Waals surface area contributed by atoms with Crippen LogP contribution in [0.1, 0.15) is 219 Å². The number of allylic oxidation sites excluding steroid dienone is 4. The Morgan fingerprint density at radius 1 is 0.509 bits per heavy atom. The molecule has 0 rings (SSSR count). The van der Waals surface area contributed by atoms with Crippen molar-refractivity contribution in [1.29, 1.82) is 0 Å². The molecule has 8 nitrogen and oxygen atoms in total. The van der Waals surface area contributed by atoms with E-state index in [0.717, 1.165) is 57.8 Å². The fourth-order valence-electron chi connectivity index (χ4n) is 7.07. The molecule has 0 spiro atoms. The predicted octanol–water partition coefficient (Wildman–Crippen LogP) is 11.9. The number of unbranched alkanes of at least 4 members (excludes halogenated alkanes) is 25. The van der Waals surface area contributed by atoms with Gasteiger partial charge in [-0.1, -0.05) is 167 Å². The number of carboxylic acid groups (broad SMARTS) is 1. The van der Waals surface area contributed by atoms with Gasteiger partial charge in [-0.25, -0.2) is 0 Å². The van der Waals surface area contributed by atoms with Crippen molar-refractivity contribution in [3.8, 4) is 0 Å². The lowest BCUT2D eigenvalue weighted by molar-refractivity contribution is -0.889. The normalized spacial score (nSPS) is 13.1. The highest BCUT2D eigenvalue weighted by Crippen LogP contribution is 2.15. The maximum Gasteiger partial charge on any atom is 0.306 e. The second-order valence-electron chi connectivity index (χ2n) is 17.3. The molecule has 0 aromatic rings. The Kier molecular flexibility index (Phi) is 39.0. The lowest BCUT2D eigenvalue weighted by Crippen LogP contribution is -2.55. The molecule has 0 heterocycles.